The Hall–Kier alpha value is -1.16. The summed E-state index contributed by atoms with van der Waals surface area (Å²) >= 11 is 1.76. The second-order valence-electron chi connectivity index (χ2n) is 3.65. The van der Waals surface area contributed by atoms with E-state index >= 15 is 0 Å². The topological polar surface area (TPSA) is 33.6 Å². The Bertz CT molecular complexity index is 392. The van der Waals surface area contributed by atoms with Gasteiger partial charge in [-0.2, -0.15) is 0 Å². The highest BCUT2D eigenvalue weighted by Crippen LogP contribution is 2.27. The van der Waals surface area contributed by atoms with Crippen molar-refractivity contribution in [2.24, 2.45) is 4.99 Å². The van der Waals surface area contributed by atoms with Crippen LogP contribution in [0.1, 0.15) is 13.8 Å². The number of aliphatic imine (C=N–C) groups is 1. The first-order valence-corrected chi connectivity index (χ1v) is 6.47. The summed E-state index contributed by atoms with van der Waals surface area (Å²) in [7, 11) is 0. The van der Waals surface area contributed by atoms with Crippen molar-refractivity contribution in [3.05, 3.63) is 24.3 Å². The molecule has 0 saturated heterocycles. The van der Waals surface area contributed by atoms with Gasteiger partial charge in [0, 0.05) is 5.75 Å². The van der Waals surface area contributed by atoms with Gasteiger partial charge in [-0.15, -0.1) is 0 Å². The smallest absolute Gasteiger partial charge is 0.161 e. The first-order valence-electron chi connectivity index (χ1n) is 5.49. The molecule has 1 aromatic carbocycles. The van der Waals surface area contributed by atoms with Crippen molar-refractivity contribution < 1.29 is 4.74 Å². The lowest BCUT2D eigenvalue weighted by molar-refractivity contribution is 0.342. The van der Waals surface area contributed by atoms with Gasteiger partial charge in [-0.05, 0) is 26.0 Å². The van der Waals surface area contributed by atoms with Crippen LogP contribution in [0.4, 0.5) is 5.69 Å². The molecule has 1 aliphatic heterocycles. The van der Waals surface area contributed by atoms with E-state index in [-0.39, 0.29) is 0 Å². The highest BCUT2D eigenvalue weighted by Gasteiger charge is 2.14. The van der Waals surface area contributed by atoms with Gasteiger partial charge in [-0.1, -0.05) is 23.9 Å². The molecule has 1 N–H and O–H groups in total. The average molecular weight is 236 g/mol. The van der Waals surface area contributed by atoms with Crippen LogP contribution < -0.4 is 10.1 Å². The number of thioether (sulfide) groups is 1. The number of para-hydroxylation sites is 2. The van der Waals surface area contributed by atoms with Crippen LogP contribution in [0.25, 0.3) is 0 Å². The van der Waals surface area contributed by atoms with Crippen LogP contribution in [-0.4, -0.2) is 23.6 Å². The number of nitrogens with zero attached hydrogens (tertiary/aromatic N) is 1. The van der Waals surface area contributed by atoms with Gasteiger partial charge >= 0.3 is 0 Å². The second kappa shape index (κ2) is 5.25. The molecular formula is C12H16N2OS. The highest BCUT2D eigenvalue weighted by atomic mass is 32.2. The Morgan fingerprint density at radius 3 is 3.00 bits per heavy atom. The summed E-state index contributed by atoms with van der Waals surface area (Å²) in [5.41, 5.74) is 0.990. The fourth-order valence-electron chi connectivity index (χ4n) is 1.51. The van der Waals surface area contributed by atoms with Gasteiger partial charge in [0.05, 0.1) is 18.3 Å². The van der Waals surface area contributed by atoms with E-state index in [0.29, 0.717) is 12.6 Å². The van der Waals surface area contributed by atoms with Crippen LogP contribution in [0.5, 0.6) is 5.75 Å². The quantitative estimate of drug-likeness (QED) is 0.876. The minimum absolute atomic E-state index is 0.409. The van der Waals surface area contributed by atoms with Crippen LogP contribution in [0.15, 0.2) is 29.3 Å². The average Bonchev–Trinajstić information content (AvgIpc) is 2.67. The van der Waals surface area contributed by atoms with Gasteiger partial charge in [-0.25, -0.2) is 0 Å². The third-order valence-electron chi connectivity index (χ3n) is 2.23. The van der Waals surface area contributed by atoms with E-state index < -0.39 is 0 Å². The molecule has 16 heavy (non-hydrogen) atoms. The molecule has 0 saturated carbocycles. The predicted octanol–water partition coefficient (Wildman–Crippen LogP) is 2.99. The van der Waals surface area contributed by atoms with E-state index in [1.165, 1.54) is 0 Å². The summed E-state index contributed by atoms with van der Waals surface area (Å²) < 4.78 is 5.55. The molecule has 0 amide bonds. The third-order valence-corrected chi connectivity index (χ3v) is 3.36. The Morgan fingerprint density at radius 2 is 2.31 bits per heavy atom. The van der Waals surface area contributed by atoms with Crippen LogP contribution in [0, 0.1) is 0 Å². The summed E-state index contributed by atoms with van der Waals surface area (Å²) in [5.74, 6) is 1.94. The second-order valence-corrected chi connectivity index (χ2v) is 4.66. The summed E-state index contributed by atoms with van der Waals surface area (Å²) in [5, 5.41) is 4.30. The van der Waals surface area contributed by atoms with Gasteiger partial charge < -0.3 is 10.1 Å². The Kier molecular flexibility index (Phi) is 3.72. The third kappa shape index (κ3) is 2.70. The number of hydrogen-bond donors (Lipinski definition) is 1. The van der Waals surface area contributed by atoms with Gasteiger partial charge in [0.2, 0.25) is 0 Å². The number of hydrogen-bond acceptors (Lipinski definition) is 4. The molecule has 86 valence electrons. The Labute approximate surface area is 100 Å². The molecule has 0 bridgehead atoms. The van der Waals surface area contributed by atoms with E-state index in [1.54, 1.807) is 11.8 Å². The summed E-state index contributed by atoms with van der Waals surface area (Å²) in [6, 6.07) is 8.36. The van der Waals surface area contributed by atoms with Crippen LogP contribution in [0.2, 0.25) is 0 Å². The van der Waals surface area contributed by atoms with Crippen molar-refractivity contribution >= 4 is 22.6 Å². The molecule has 2 rings (SSSR count). The molecule has 0 radical (unpaired) electrons. The number of nitrogens with one attached hydrogen (secondary N) is 1. The first kappa shape index (κ1) is 11.3. The molecule has 0 aliphatic carbocycles. The molecule has 1 aromatic rings. The van der Waals surface area contributed by atoms with Gasteiger partial charge in [0.25, 0.3) is 0 Å². The number of ether oxygens (including phenoxy) is 1. The predicted molar refractivity (Wildman–Crippen MR) is 70.6 cm³/mol. The van der Waals surface area contributed by atoms with Gasteiger partial charge in [0.1, 0.15) is 5.75 Å². The Morgan fingerprint density at radius 1 is 1.50 bits per heavy atom. The van der Waals surface area contributed by atoms with Crippen molar-refractivity contribution in [3.8, 4) is 5.75 Å². The lowest BCUT2D eigenvalue weighted by Gasteiger charge is -2.11. The monoisotopic (exact) mass is 236 g/mol. The molecule has 0 spiro atoms. The van der Waals surface area contributed by atoms with E-state index in [1.807, 2.05) is 31.2 Å². The maximum Gasteiger partial charge on any atom is 0.161 e. The molecular weight excluding hydrogens is 220 g/mol. The SMILES string of the molecule is CCOc1ccccc1NC1=N[C@@H](C)CS1. The molecule has 1 aliphatic rings. The minimum atomic E-state index is 0.409. The summed E-state index contributed by atoms with van der Waals surface area (Å²) in [4.78, 5) is 4.50. The number of benzene rings is 1. The lowest BCUT2D eigenvalue weighted by Crippen LogP contribution is -2.07. The zero-order valence-electron chi connectivity index (χ0n) is 9.56. The fraction of sp³-hybridized carbons (Fsp3) is 0.417. The van der Waals surface area contributed by atoms with Gasteiger partial charge in [0.15, 0.2) is 5.17 Å². The van der Waals surface area contributed by atoms with Crippen LogP contribution >= 0.6 is 11.8 Å². The Balaban J connectivity index is 2.11. The van der Waals surface area contributed by atoms with Gasteiger partial charge in [-0.3, -0.25) is 4.99 Å². The van der Waals surface area contributed by atoms with Crippen LogP contribution in [0.3, 0.4) is 0 Å². The van der Waals surface area contributed by atoms with Crippen molar-refractivity contribution in [3.63, 3.8) is 0 Å². The van der Waals surface area contributed by atoms with E-state index in [2.05, 4.69) is 17.2 Å². The molecule has 4 heteroatoms. The minimum Gasteiger partial charge on any atom is -0.492 e. The lowest BCUT2D eigenvalue weighted by atomic mass is 10.3. The normalized spacial score (nSPS) is 19.4. The van der Waals surface area contributed by atoms with Crippen molar-refractivity contribution in [1.29, 1.82) is 0 Å². The molecule has 1 heterocycles. The van der Waals surface area contributed by atoms with E-state index in [0.717, 1.165) is 22.4 Å². The van der Waals surface area contributed by atoms with E-state index in [9.17, 15) is 0 Å². The zero-order valence-corrected chi connectivity index (χ0v) is 10.4. The molecule has 0 unspecified atom stereocenters. The maximum atomic E-state index is 5.55. The highest BCUT2D eigenvalue weighted by molar-refractivity contribution is 8.14. The number of anilines is 1. The standard InChI is InChI=1S/C12H16N2OS/c1-3-15-11-7-5-4-6-10(11)14-12-13-9(2)8-16-12/h4-7,9H,3,8H2,1-2H3,(H,13,14)/t9-/m0/s1. The summed E-state index contributed by atoms with van der Waals surface area (Å²) in [6.07, 6.45) is 0. The van der Waals surface area contributed by atoms with Crippen molar-refractivity contribution in [1.82, 2.24) is 0 Å². The molecule has 0 fully saturated rings. The summed E-state index contributed by atoms with van der Waals surface area (Å²) in [6.45, 7) is 4.78. The van der Waals surface area contributed by atoms with E-state index in [4.69, 9.17) is 4.74 Å². The van der Waals surface area contributed by atoms with Crippen molar-refractivity contribution in [2.75, 3.05) is 17.7 Å². The zero-order chi connectivity index (χ0) is 11.4. The fourth-order valence-corrected chi connectivity index (χ4v) is 2.42. The van der Waals surface area contributed by atoms with Crippen molar-refractivity contribution in [2.45, 2.75) is 19.9 Å². The first-order chi connectivity index (χ1) is 7.79. The van der Waals surface area contributed by atoms with Crippen LogP contribution in [-0.2, 0) is 0 Å². The maximum absolute atomic E-state index is 5.55. The number of amidine groups is 1. The largest absolute Gasteiger partial charge is 0.492 e. The number of rotatable bonds is 3. The molecule has 0 aromatic heterocycles. The molecule has 3 nitrogen and oxygen atoms in total. The molecule has 1 atom stereocenters.